The summed E-state index contributed by atoms with van der Waals surface area (Å²) in [5, 5.41) is 12.1. The molecule has 0 radical (unpaired) electrons. The molecule has 0 bridgehead atoms. The molecule has 0 aromatic heterocycles. The molecule has 2 rings (SSSR count). The van der Waals surface area contributed by atoms with Gasteiger partial charge < -0.3 is 15.3 Å². The fourth-order valence-corrected chi connectivity index (χ4v) is 2.26. The van der Waals surface area contributed by atoms with Gasteiger partial charge in [-0.3, -0.25) is 4.79 Å². The number of nitrogens with zero attached hydrogens (tertiary/aromatic N) is 1. The van der Waals surface area contributed by atoms with Crippen LogP contribution in [0.25, 0.3) is 0 Å². The van der Waals surface area contributed by atoms with E-state index in [4.69, 9.17) is 5.11 Å². The summed E-state index contributed by atoms with van der Waals surface area (Å²) >= 11 is 0. The number of piperazine rings is 1. The van der Waals surface area contributed by atoms with E-state index in [9.17, 15) is 4.79 Å². The van der Waals surface area contributed by atoms with Crippen molar-refractivity contribution >= 4 is 11.6 Å². The number of benzene rings is 1. The smallest absolute Gasteiger partial charge is 0.244 e. The highest BCUT2D eigenvalue weighted by Gasteiger charge is 2.28. The summed E-state index contributed by atoms with van der Waals surface area (Å²) < 4.78 is 0. The quantitative estimate of drug-likeness (QED) is 0.833. The number of rotatable bonds is 4. The number of nitrogens with one attached hydrogen (secondary N) is 1. The summed E-state index contributed by atoms with van der Waals surface area (Å²) in [5.74, 6) is 0.0551. The van der Waals surface area contributed by atoms with Crippen LogP contribution in [0.3, 0.4) is 0 Å². The minimum atomic E-state index is -0.255. The first-order chi connectivity index (χ1) is 8.76. The van der Waals surface area contributed by atoms with Crippen molar-refractivity contribution in [3.05, 3.63) is 29.8 Å². The first-order valence-electron chi connectivity index (χ1n) is 6.50. The lowest BCUT2D eigenvalue weighted by atomic mass is 10.1. The first-order valence-corrected chi connectivity index (χ1v) is 6.50. The van der Waals surface area contributed by atoms with Gasteiger partial charge in [-0.25, -0.2) is 0 Å². The summed E-state index contributed by atoms with van der Waals surface area (Å²) in [4.78, 5) is 14.0. The summed E-state index contributed by atoms with van der Waals surface area (Å²) in [6, 6.07) is 7.86. The number of aliphatic hydroxyl groups excluding tert-OH is 1. The van der Waals surface area contributed by atoms with E-state index >= 15 is 0 Å². The van der Waals surface area contributed by atoms with Gasteiger partial charge in [-0.2, -0.15) is 0 Å². The molecule has 1 unspecified atom stereocenters. The molecule has 1 aliphatic heterocycles. The molecule has 2 N–H and O–H groups in total. The molecule has 0 spiro atoms. The Bertz CT molecular complexity index is 401. The van der Waals surface area contributed by atoms with Crippen LogP contribution in [0.2, 0.25) is 0 Å². The maximum absolute atomic E-state index is 12.2. The van der Waals surface area contributed by atoms with Crippen molar-refractivity contribution in [3.63, 3.8) is 0 Å². The zero-order chi connectivity index (χ0) is 13.0. The van der Waals surface area contributed by atoms with Crippen molar-refractivity contribution in [1.82, 2.24) is 5.32 Å². The lowest BCUT2D eigenvalue weighted by molar-refractivity contribution is -0.122. The molecule has 1 amide bonds. The van der Waals surface area contributed by atoms with Gasteiger partial charge in [0.05, 0.1) is 6.04 Å². The summed E-state index contributed by atoms with van der Waals surface area (Å²) in [6.07, 6.45) is 1.48. The zero-order valence-corrected chi connectivity index (χ0v) is 10.7. The van der Waals surface area contributed by atoms with E-state index < -0.39 is 0 Å². The SMILES string of the molecule is CCc1ccc(N2CCNC(CCO)C2=O)cc1. The Morgan fingerprint density at radius 3 is 2.72 bits per heavy atom. The van der Waals surface area contributed by atoms with Crippen LogP contribution in [-0.4, -0.2) is 36.8 Å². The van der Waals surface area contributed by atoms with Crippen LogP contribution in [0.4, 0.5) is 5.69 Å². The van der Waals surface area contributed by atoms with Crippen LogP contribution < -0.4 is 10.2 Å². The van der Waals surface area contributed by atoms with Crippen LogP contribution in [-0.2, 0) is 11.2 Å². The van der Waals surface area contributed by atoms with E-state index in [0.29, 0.717) is 13.0 Å². The standard InChI is InChI=1S/C14H20N2O2/c1-2-11-3-5-12(6-4-11)16-9-8-15-13(7-10-17)14(16)18/h3-6,13,15,17H,2,7-10H2,1H3. The number of aliphatic hydroxyl groups is 1. The van der Waals surface area contributed by atoms with Crippen LogP contribution in [0.1, 0.15) is 18.9 Å². The number of hydrogen-bond acceptors (Lipinski definition) is 3. The van der Waals surface area contributed by atoms with Gasteiger partial charge in [0.15, 0.2) is 0 Å². The lowest BCUT2D eigenvalue weighted by Gasteiger charge is -2.33. The average Bonchev–Trinajstić information content (AvgIpc) is 2.42. The van der Waals surface area contributed by atoms with E-state index in [1.54, 1.807) is 4.90 Å². The Kier molecular flexibility index (Phi) is 4.33. The van der Waals surface area contributed by atoms with E-state index in [2.05, 4.69) is 24.4 Å². The van der Waals surface area contributed by atoms with Gasteiger partial charge in [-0.1, -0.05) is 19.1 Å². The maximum Gasteiger partial charge on any atom is 0.244 e. The molecule has 98 valence electrons. The third-order valence-electron chi connectivity index (χ3n) is 3.36. The first kappa shape index (κ1) is 13.1. The molecule has 1 fully saturated rings. The number of carbonyl (C=O) groups excluding carboxylic acids is 1. The fraction of sp³-hybridized carbons (Fsp3) is 0.500. The molecule has 1 saturated heterocycles. The fourth-order valence-electron chi connectivity index (χ4n) is 2.26. The van der Waals surface area contributed by atoms with Gasteiger partial charge >= 0.3 is 0 Å². The number of hydrogen-bond donors (Lipinski definition) is 2. The van der Waals surface area contributed by atoms with Crippen LogP contribution >= 0.6 is 0 Å². The molecule has 1 aromatic rings. The van der Waals surface area contributed by atoms with Crippen LogP contribution in [0, 0.1) is 0 Å². The van der Waals surface area contributed by atoms with Gasteiger partial charge in [0.25, 0.3) is 0 Å². The third-order valence-corrected chi connectivity index (χ3v) is 3.36. The zero-order valence-electron chi connectivity index (χ0n) is 10.7. The van der Waals surface area contributed by atoms with E-state index in [1.165, 1.54) is 5.56 Å². The topological polar surface area (TPSA) is 52.6 Å². The second-order valence-corrected chi connectivity index (χ2v) is 4.53. The van der Waals surface area contributed by atoms with Gasteiger partial charge in [0.2, 0.25) is 5.91 Å². The monoisotopic (exact) mass is 248 g/mol. The predicted octanol–water partition coefficient (Wildman–Crippen LogP) is 0.936. The van der Waals surface area contributed by atoms with E-state index in [0.717, 1.165) is 18.7 Å². The predicted molar refractivity (Wildman–Crippen MR) is 71.7 cm³/mol. The second kappa shape index (κ2) is 5.98. The van der Waals surface area contributed by atoms with Gasteiger partial charge in [0.1, 0.15) is 0 Å². The summed E-state index contributed by atoms with van der Waals surface area (Å²) in [5.41, 5.74) is 2.22. The molecule has 0 aliphatic carbocycles. The normalized spacial score (nSPS) is 20.2. The molecule has 1 heterocycles. The van der Waals surface area contributed by atoms with Crippen molar-refractivity contribution in [2.75, 3.05) is 24.6 Å². The highest BCUT2D eigenvalue weighted by Crippen LogP contribution is 2.18. The summed E-state index contributed by atoms with van der Waals surface area (Å²) in [6.45, 7) is 3.60. The third kappa shape index (κ3) is 2.71. The van der Waals surface area contributed by atoms with Crippen LogP contribution in [0.15, 0.2) is 24.3 Å². The highest BCUT2D eigenvalue weighted by molar-refractivity contribution is 5.97. The number of carbonyl (C=O) groups is 1. The van der Waals surface area contributed by atoms with Crippen molar-refractivity contribution in [1.29, 1.82) is 0 Å². The second-order valence-electron chi connectivity index (χ2n) is 4.53. The maximum atomic E-state index is 12.2. The minimum absolute atomic E-state index is 0.0337. The average molecular weight is 248 g/mol. The molecule has 0 saturated carbocycles. The molecule has 1 atom stereocenters. The highest BCUT2D eigenvalue weighted by atomic mass is 16.3. The van der Waals surface area contributed by atoms with E-state index in [-0.39, 0.29) is 18.6 Å². The summed E-state index contributed by atoms with van der Waals surface area (Å²) in [7, 11) is 0. The van der Waals surface area contributed by atoms with Gasteiger partial charge in [-0.15, -0.1) is 0 Å². The number of amides is 1. The van der Waals surface area contributed by atoms with Crippen LogP contribution in [0.5, 0.6) is 0 Å². The Balaban J connectivity index is 2.13. The Labute approximate surface area is 108 Å². The van der Waals surface area contributed by atoms with Gasteiger partial charge in [0, 0.05) is 25.4 Å². The van der Waals surface area contributed by atoms with Crippen molar-refractivity contribution in [2.24, 2.45) is 0 Å². The molecule has 4 nitrogen and oxygen atoms in total. The molecule has 4 heteroatoms. The molecular formula is C14H20N2O2. The van der Waals surface area contributed by atoms with Crippen molar-refractivity contribution in [3.8, 4) is 0 Å². The minimum Gasteiger partial charge on any atom is -0.396 e. The Morgan fingerprint density at radius 1 is 1.39 bits per heavy atom. The Hall–Kier alpha value is -1.39. The number of aryl methyl sites for hydroxylation is 1. The molecule has 1 aromatic carbocycles. The lowest BCUT2D eigenvalue weighted by Crippen LogP contribution is -2.55. The Morgan fingerprint density at radius 2 is 2.11 bits per heavy atom. The van der Waals surface area contributed by atoms with Crippen molar-refractivity contribution in [2.45, 2.75) is 25.8 Å². The molecule has 1 aliphatic rings. The molecule has 18 heavy (non-hydrogen) atoms. The number of anilines is 1. The van der Waals surface area contributed by atoms with Crippen molar-refractivity contribution < 1.29 is 9.90 Å². The van der Waals surface area contributed by atoms with Gasteiger partial charge in [-0.05, 0) is 30.5 Å². The van der Waals surface area contributed by atoms with E-state index in [1.807, 2.05) is 12.1 Å². The largest absolute Gasteiger partial charge is 0.396 e. The molecular weight excluding hydrogens is 228 g/mol.